The van der Waals surface area contributed by atoms with Gasteiger partial charge < -0.3 is 10.5 Å². The topological polar surface area (TPSA) is 38.5 Å². The van der Waals surface area contributed by atoms with E-state index >= 15 is 0 Å². The number of rotatable bonds is 6. The normalized spacial score (nSPS) is 14.9. The maximum absolute atomic E-state index is 6.18. The lowest BCUT2D eigenvalue weighted by atomic mass is 10.1. The van der Waals surface area contributed by atoms with Crippen LogP contribution < -0.4 is 5.73 Å². The van der Waals surface area contributed by atoms with E-state index in [0.717, 1.165) is 17.1 Å². The third-order valence-corrected chi connectivity index (χ3v) is 3.26. The minimum atomic E-state index is 0.0231. The zero-order valence-corrected chi connectivity index (χ0v) is 11.4. The van der Waals surface area contributed by atoms with Crippen LogP contribution in [0.5, 0.6) is 0 Å². The van der Waals surface area contributed by atoms with E-state index in [9.17, 15) is 0 Å². The van der Waals surface area contributed by atoms with Gasteiger partial charge in [-0.25, -0.2) is 0 Å². The summed E-state index contributed by atoms with van der Waals surface area (Å²) in [5.74, 6) is 0. The third-order valence-electron chi connectivity index (χ3n) is 2.92. The molecule has 0 saturated carbocycles. The Morgan fingerprint density at radius 3 is 2.65 bits per heavy atom. The van der Waals surface area contributed by atoms with Crippen molar-refractivity contribution >= 4 is 11.6 Å². The number of ether oxygens (including phenoxy) is 1. The fourth-order valence-corrected chi connectivity index (χ4v) is 2.14. The summed E-state index contributed by atoms with van der Waals surface area (Å²) in [6.07, 6.45) is 0. The van der Waals surface area contributed by atoms with Crippen molar-refractivity contribution in [3.63, 3.8) is 0 Å². The predicted octanol–water partition coefficient (Wildman–Crippen LogP) is 2.31. The van der Waals surface area contributed by atoms with E-state index in [-0.39, 0.29) is 12.1 Å². The summed E-state index contributed by atoms with van der Waals surface area (Å²) >= 11 is 6.18. The Morgan fingerprint density at radius 2 is 2.06 bits per heavy atom. The molecule has 3 nitrogen and oxygen atoms in total. The monoisotopic (exact) mass is 256 g/mol. The molecule has 0 bridgehead atoms. The molecule has 1 aromatic rings. The van der Waals surface area contributed by atoms with E-state index in [2.05, 4.69) is 11.8 Å². The molecule has 0 spiro atoms. The van der Waals surface area contributed by atoms with Crippen molar-refractivity contribution in [1.82, 2.24) is 4.90 Å². The number of hydrogen-bond donors (Lipinski definition) is 1. The molecule has 0 amide bonds. The van der Waals surface area contributed by atoms with E-state index in [0.29, 0.717) is 6.61 Å². The van der Waals surface area contributed by atoms with Gasteiger partial charge in [-0.1, -0.05) is 29.8 Å². The Bertz CT molecular complexity index is 346. The Balaban J connectivity index is 2.63. The van der Waals surface area contributed by atoms with Gasteiger partial charge in [0.05, 0.1) is 6.61 Å². The molecular weight excluding hydrogens is 236 g/mol. The van der Waals surface area contributed by atoms with Gasteiger partial charge in [-0.2, -0.15) is 0 Å². The Hall–Kier alpha value is -0.610. The third kappa shape index (κ3) is 4.28. The van der Waals surface area contributed by atoms with Crippen LogP contribution in [0.2, 0.25) is 5.02 Å². The fraction of sp³-hybridized carbons (Fsp3) is 0.538. The minimum Gasteiger partial charge on any atom is -0.383 e. The van der Waals surface area contributed by atoms with Crippen LogP contribution >= 0.6 is 11.6 Å². The van der Waals surface area contributed by atoms with Gasteiger partial charge in [-0.05, 0) is 25.6 Å². The van der Waals surface area contributed by atoms with E-state index in [1.165, 1.54) is 0 Å². The Morgan fingerprint density at radius 1 is 1.41 bits per heavy atom. The molecule has 17 heavy (non-hydrogen) atoms. The lowest BCUT2D eigenvalue weighted by molar-refractivity contribution is 0.150. The van der Waals surface area contributed by atoms with Crippen molar-refractivity contribution in [1.29, 1.82) is 0 Å². The molecule has 2 N–H and O–H groups in total. The summed E-state index contributed by atoms with van der Waals surface area (Å²) in [6.45, 7) is 3.47. The predicted molar refractivity (Wildman–Crippen MR) is 72.3 cm³/mol. The van der Waals surface area contributed by atoms with E-state index in [1.807, 2.05) is 31.3 Å². The standard InChI is InChI=1S/C13H21ClN2O/c1-10(12-6-4-5-7-13(12)14)16(2)8-11(15)9-17-3/h4-7,10-11H,8-9,15H2,1-3H3. The van der Waals surface area contributed by atoms with Crippen molar-refractivity contribution in [2.45, 2.75) is 19.0 Å². The Labute approximate surface area is 109 Å². The largest absolute Gasteiger partial charge is 0.383 e. The molecule has 0 radical (unpaired) electrons. The molecule has 0 aliphatic carbocycles. The molecule has 4 heteroatoms. The van der Waals surface area contributed by atoms with Crippen molar-refractivity contribution in [3.8, 4) is 0 Å². The van der Waals surface area contributed by atoms with Crippen molar-refractivity contribution in [2.75, 3.05) is 27.3 Å². The number of halogens is 1. The summed E-state index contributed by atoms with van der Waals surface area (Å²) in [4.78, 5) is 2.19. The van der Waals surface area contributed by atoms with Crippen LogP contribution in [0.4, 0.5) is 0 Å². The van der Waals surface area contributed by atoms with Gasteiger partial charge in [0.15, 0.2) is 0 Å². The fourth-order valence-electron chi connectivity index (χ4n) is 1.85. The molecule has 96 valence electrons. The minimum absolute atomic E-state index is 0.0231. The quantitative estimate of drug-likeness (QED) is 0.849. The molecule has 0 fully saturated rings. The van der Waals surface area contributed by atoms with Crippen molar-refractivity contribution in [2.24, 2.45) is 5.73 Å². The molecule has 0 aliphatic heterocycles. The van der Waals surface area contributed by atoms with Crippen LogP contribution in [0, 0.1) is 0 Å². The van der Waals surface area contributed by atoms with Gasteiger partial charge in [0.1, 0.15) is 0 Å². The molecule has 1 aromatic carbocycles. The SMILES string of the molecule is COCC(N)CN(C)C(C)c1ccccc1Cl. The van der Waals surface area contributed by atoms with Crippen molar-refractivity contribution < 1.29 is 4.74 Å². The zero-order chi connectivity index (χ0) is 12.8. The molecule has 0 heterocycles. The van der Waals surface area contributed by atoms with Gasteiger partial charge in [0.2, 0.25) is 0 Å². The summed E-state index contributed by atoms with van der Waals surface area (Å²) in [5, 5.41) is 0.798. The Kier molecular flexibility index (Phi) is 5.92. The molecule has 1 rings (SSSR count). The van der Waals surface area contributed by atoms with Crippen LogP contribution in [0.25, 0.3) is 0 Å². The summed E-state index contributed by atoms with van der Waals surface area (Å²) < 4.78 is 5.04. The lowest BCUT2D eigenvalue weighted by Crippen LogP contribution is -2.39. The van der Waals surface area contributed by atoms with Crippen molar-refractivity contribution in [3.05, 3.63) is 34.9 Å². The average Bonchev–Trinajstić information content (AvgIpc) is 2.29. The number of benzene rings is 1. The van der Waals surface area contributed by atoms with Crippen LogP contribution in [0.15, 0.2) is 24.3 Å². The van der Waals surface area contributed by atoms with E-state index in [1.54, 1.807) is 7.11 Å². The first-order valence-electron chi connectivity index (χ1n) is 5.75. The van der Waals surface area contributed by atoms with Gasteiger partial charge in [-0.3, -0.25) is 4.90 Å². The molecule has 0 aliphatic rings. The van der Waals surface area contributed by atoms with Crippen LogP contribution in [0.3, 0.4) is 0 Å². The average molecular weight is 257 g/mol. The first-order valence-corrected chi connectivity index (χ1v) is 6.13. The first-order chi connectivity index (χ1) is 8.06. The maximum atomic E-state index is 6.18. The summed E-state index contributed by atoms with van der Waals surface area (Å²) in [5.41, 5.74) is 7.07. The number of nitrogens with two attached hydrogens (primary N) is 1. The highest BCUT2D eigenvalue weighted by molar-refractivity contribution is 6.31. The number of nitrogens with zero attached hydrogens (tertiary/aromatic N) is 1. The van der Waals surface area contributed by atoms with Gasteiger partial charge in [-0.15, -0.1) is 0 Å². The highest BCUT2D eigenvalue weighted by atomic mass is 35.5. The van der Waals surface area contributed by atoms with Crippen LogP contribution in [-0.4, -0.2) is 38.3 Å². The van der Waals surface area contributed by atoms with E-state index in [4.69, 9.17) is 22.1 Å². The number of hydrogen-bond acceptors (Lipinski definition) is 3. The number of methoxy groups -OCH3 is 1. The molecular formula is C13H21ClN2O. The summed E-state index contributed by atoms with van der Waals surface area (Å²) in [6, 6.07) is 8.17. The van der Waals surface area contributed by atoms with Gasteiger partial charge in [0.25, 0.3) is 0 Å². The molecule has 2 unspecified atom stereocenters. The highest BCUT2D eigenvalue weighted by Crippen LogP contribution is 2.25. The first kappa shape index (κ1) is 14.5. The lowest BCUT2D eigenvalue weighted by Gasteiger charge is -2.28. The van der Waals surface area contributed by atoms with E-state index < -0.39 is 0 Å². The van der Waals surface area contributed by atoms with Gasteiger partial charge >= 0.3 is 0 Å². The summed E-state index contributed by atoms with van der Waals surface area (Å²) in [7, 11) is 3.71. The molecule has 0 aromatic heterocycles. The molecule has 0 saturated heterocycles. The van der Waals surface area contributed by atoms with Crippen LogP contribution in [-0.2, 0) is 4.74 Å². The second-order valence-corrected chi connectivity index (χ2v) is 4.76. The second-order valence-electron chi connectivity index (χ2n) is 4.35. The smallest absolute Gasteiger partial charge is 0.0626 e. The maximum Gasteiger partial charge on any atom is 0.0626 e. The second kappa shape index (κ2) is 6.97. The number of likely N-dealkylation sites (N-methyl/N-ethyl adjacent to an activating group) is 1. The van der Waals surface area contributed by atoms with Crippen LogP contribution in [0.1, 0.15) is 18.5 Å². The van der Waals surface area contributed by atoms with Gasteiger partial charge in [0, 0.05) is 30.8 Å². The highest BCUT2D eigenvalue weighted by Gasteiger charge is 2.16. The molecule has 2 atom stereocenters. The zero-order valence-electron chi connectivity index (χ0n) is 10.7.